The van der Waals surface area contributed by atoms with Crippen LogP contribution in [-0.2, 0) is 25.7 Å². The number of carbonyl (C=O) groups is 4. The van der Waals surface area contributed by atoms with Crippen LogP contribution < -0.4 is 10.1 Å². The second-order valence-corrected chi connectivity index (χ2v) is 8.91. The molecule has 1 aromatic heterocycles. The van der Waals surface area contributed by atoms with Crippen molar-refractivity contribution in [1.29, 1.82) is 0 Å². The van der Waals surface area contributed by atoms with Crippen molar-refractivity contribution in [1.82, 2.24) is 15.1 Å². The third kappa shape index (κ3) is 7.01. The van der Waals surface area contributed by atoms with Gasteiger partial charge in [0, 0.05) is 30.6 Å². The van der Waals surface area contributed by atoms with Crippen molar-refractivity contribution in [3.05, 3.63) is 51.7 Å². The molecule has 2 aromatic rings. The number of carboxylic acids is 1. The van der Waals surface area contributed by atoms with E-state index in [2.05, 4.69) is 10.1 Å². The van der Waals surface area contributed by atoms with E-state index in [-0.39, 0.29) is 25.1 Å². The molecule has 36 heavy (non-hydrogen) atoms. The van der Waals surface area contributed by atoms with E-state index in [0.29, 0.717) is 13.1 Å². The molecule has 0 bridgehead atoms. The van der Waals surface area contributed by atoms with Crippen LogP contribution in [0.5, 0.6) is 5.75 Å². The molecule has 3 rings (SSSR count). The number of hydrogen-bond donors (Lipinski definition) is 2. The normalized spacial score (nSPS) is 15.0. The molecule has 2 amide bonds. The molecule has 1 fully saturated rings. The lowest BCUT2D eigenvalue weighted by atomic mass is 10.1. The summed E-state index contributed by atoms with van der Waals surface area (Å²) in [6.07, 6.45) is -0.904. The predicted molar refractivity (Wildman–Crippen MR) is 117 cm³/mol. The number of ether oxygens (including phenoxy) is 1. The number of hydrogen-bond acceptors (Lipinski definition) is 7. The average molecular weight is 531 g/mol. The summed E-state index contributed by atoms with van der Waals surface area (Å²) in [5, 5.41) is 13.1. The Balaban J connectivity index is 1.56. The summed E-state index contributed by atoms with van der Waals surface area (Å²) in [6, 6.07) is 2.10. The topological polar surface area (TPSA) is 116 Å². The van der Waals surface area contributed by atoms with Crippen molar-refractivity contribution < 1.29 is 46.6 Å². The number of benzene rings is 1. The molecule has 1 aliphatic heterocycles. The lowest BCUT2D eigenvalue weighted by Crippen LogP contribution is -2.54. The van der Waals surface area contributed by atoms with Gasteiger partial charge in [0.1, 0.15) is 12.6 Å². The van der Waals surface area contributed by atoms with Gasteiger partial charge < -0.3 is 20.1 Å². The number of nitrogens with one attached hydrogen (secondary N) is 1. The van der Waals surface area contributed by atoms with Crippen molar-refractivity contribution >= 4 is 34.9 Å². The van der Waals surface area contributed by atoms with Gasteiger partial charge in [-0.25, -0.2) is 8.78 Å². The van der Waals surface area contributed by atoms with E-state index in [0.717, 1.165) is 4.88 Å². The fraction of sp³-hybridized carbons (Fsp3) is 0.364. The number of nitrogens with zero attached hydrogens (tertiary/aromatic N) is 2. The lowest BCUT2D eigenvalue weighted by Gasteiger charge is -2.33. The van der Waals surface area contributed by atoms with Crippen molar-refractivity contribution in [2.45, 2.75) is 19.0 Å². The molecule has 1 aromatic carbocycles. The number of carboxylic acid groups (broad SMARTS) is 1. The zero-order valence-electron chi connectivity index (χ0n) is 18.6. The number of piperazine rings is 1. The van der Waals surface area contributed by atoms with Crippen LogP contribution in [-0.4, -0.2) is 77.3 Å². The molecule has 2 N–H and O–H groups in total. The van der Waals surface area contributed by atoms with Gasteiger partial charge in [-0.2, -0.15) is 8.78 Å². The molecule has 0 unspecified atom stereocenters. The first-order valence-corrected chi connectivity index (χ1v) is 11.4. The van der Waals surface area contributed by atoms with Crippen LogP contribution in [0.2, 0.25) is 0 Å². The summed E-state index contributed by atoms with van der Waals surface area (Å²) in [4.78, 5) is 52.7. The second kappa shape index (κ2) is 11.9. The molecule has 2 heterocycles. The highest BCUT2D eigenvalue weighted by Crippen LogP contribution is 2.26. The maximum absolute atomic E-state index is 13.7. The number of Topliss-reactive ketones (excluding diaryl/α,β-unsaturated/α-hetero) is 1. The van der Waals surface area contributed by atoms with Gasteiger partial charge in [0.25, 0.3) is 0 Å². The largest absolute Gasteiger partial charge is 0.481 e. The summed E-state index contributed by atoms with van der Waals surface area (Å²) in [7, 11) is 0. The average Bonchev–Trinajstić information content (AvgIpc) is 3.31. The minimum absolute atomic E-state index is 0.0455. The smallest absolute Gasteiger partial charge is 0.305 e. The predicted octanol–water partition coefficient (Wildman–Crippen LogP) is 1.56. The van der Waals surface area contributed by atoms with Crippen LogP contribution >= 0.6 is 11.3 Å². The summed E-state index contributed by atoms with van der Waals surface area (Å²) in [5.74, 6) is -12.6. The number of carbonyl (C=O) groups excluding carboxylic acids is 3. The number of aliphatic carboxylic acids is 1. The minimum Gasteiger partial charge on any atom is -0.481 e. The third-order valence-corrected chi connectivity index (χ3v) is 6.09. The first kappa shape index (κ1) is 27.1. The van der Waals surface area contributed by atoms with E-state index in [4.69, 9.17) is 5.11 Å². The standard InChI is InChI=1S/C22H21F4N3O6S/c23-13-6-14(24)21(26)22(20(13)25)35-11-16(30)15(7-19(33)34)27-17(31)9-29-4-3-28(10-18(29)32)8-12-2-1-5-36-12/h1-2,5-6,15H,3-4,7-11H2,(H,27,31)(H,33,34)/t15-/m0/s1. The highest BCUT2D eigenvalue weighted by Gasteiger charge is 2.29. The maximum atomic E-state index is 13.7. The van der Waals surface area contributed by atoms with Crippen LogP contribution in [0, 0.1) is 23.3 Å². The van der Waals surface area contributed by atoms with Crippen LogP contribution in [0.4, 0.5) is 17.6 Å². The van der Waals surface area contributed by atoms with Crippen molar-refractivity contribution in [3.63, 3.8) is 0 Å². The molecule has 0 saturated carbocycles. The molecule has 1 atom stereocenters. The number of halogens is 4. The van der Waals surface area contributed by atoms with E-state index in [1.165, 1.54) is 4.90 Å². The first-order valence-electron chi connectivity index (χ1n) is 10.6. The Morgan fingerprint density at radius 2 is 1.83 bits per heavy atom. The molecule has 0 spiro atoms. The monoisotopic (exact) mass is 531 g/mol. The zero-order valence-corrected chi connectivity index (χ0v) is 19.5. The molecular formula is C22H21F4N3O6S. The Labute approximate surface area is 206 Å². The highest BCUT2D eigenvalue weighted by molar-refractivity contribution is 7.09. The fourth-order valence-corrected chi connectivity index (χ4v) is 4.18. The third-order valence-electron chi connectivity index (χ3n) is 5.22. The number of ketones is 1. The maximum Gasteiger partial charge on any atom is 0.305 e. The van der Waals surface area contributed by atoms with E-state index in [1.807, 2.05) is 22.4 Å². The lowest BCUT2D eigenvalue weighted by molar-refractivity contribution is -0.143. The molecule has 0 aliphatic carbocycles. The minimum atomic E-state index is -1.88. The van der Waals surface area contributed by atoms with Crippen LogP contribution in [0.25, 0.3) is 0 Å². The van der Waals surface area contributed by atoms with Crippen molar-refractivity contribution in [2.75, 3.05) is 32.8 Å². The summed E-state index contributed by atoms with van der Waals surface area (Å²) >= 11 is 1.55. The Morgan fingerprint density at radius 1 is 1.14 bits per heavy atom. The van der Waals surface area contributed by atoms with E-state index >= 15 is 0 Å². The van der Waals surface area contributed by atoms with Gasteiger partial charge in [0.2, 0.25) is 23.4 Å². The summed E-state index contributed by atoms with van der Waals surface area (Å²) < 4.78 is 58.6. The quantitative estimate of drug-likeness (QED) is 0.334. The van der Waals surface area contributed by atoms with E-state index < -0.39 is 72.3 Å². The Hall–Kier alpha value is -3.52. The van der Waals surface area contributed by atoms with Gasteiger partial charge in [0.05, 0.1) is 19.5 Å². The molecule has 1 saturated heterocycles. The Bertz CT molecular complexity index is 1120. The zero-order chi connectivity index (χ0) is 26.4. The Kier molecular flexibility index (Phi) is 8.98. The van der Waals surface area contributed by atoms with Crippen LogP contribution in [0.3, 0.4) is 0 Å². The molecule has 0 radical (unpaired) electrons. The SMILES string of the molecule is O=C(O)C[C@H](NC(=O)CN1CCN(Cc2cccs2)CC1=O)C(=O)COc1c(F)c(F)cc(F)c1F. The van der Waals surface area contributed by atoms with Gasteiger partial charge in [-0.3, -0.25) is 24.1 Å². The van der Waals surface area contributed by atoms with Gasteiger partial charge in [-0.1, -0.05) is 6.07 Å². The van der Waals surface area contributed by atoms with Crippen molar-refractivity contribution in [2.24, 2.45) is 0 Å². The fourth-order valence-electron chi connectivity index (χ4n) is 3.44. The number of thiophene rings is 1. The van der Waals surface area contributed by atoms with Gasteiger partial charge >= 0.3 is 5.97 Å². The first-order chi connectivity index (χ1) is 17.0. The number of rotatable bonds is 11. The highest BCUT2D eigenvalue weighted by atomic mass is 32.1. The number of amides is 2. The molecule has 194 valence electrons. The molecule has 14 heteroatoms. The van der Waals surface area contributed by atoms with E-state index in [1.54, 1.807) is 11.3 Å². The Morgan fingerprint density at radius 3 is 2.42 bits per heavy atom. The summed E-state index contributed by atoms with van der Waals surface area (Å²) in [6.45, 7) is -0.276. The van der Waals surface area contributed by atoms with E-state index in [9.17, 15) is 36.7 Å². The molecular weight excluding hydrogens is 510 g/mol. The van der Waals surface area contributed by atoms with Gasteiger partial charge in [-0.05, 0) is 11.4 Å². The second-order valence-electron chi connectivity index (χ2n) is 7.88. The molecule has 1 aliphatic rings. The summed E-state index contributed by atoms with van der Waals surface area (Å²) in [5.41, 5.74) is 0. The molecule has 9 nitrogen and oxygen atoms in total. The van der Waals surface area contributed by atoms with Gasteiger partial charge in [-0.15, -0.1) is 11.3 Å². The van der Waals surface area contributed by atoms with Crippen LogP contribution in [0.1, 0.15) is 11.3 Å². The van der Waals surface area contributed by atoms with Crippen molar-refractivity contribution in [3.8, 4) is 5.75 Å². The van der Waals surface area contributed by atoms with Crippen LogP contribution in [0.15, 0.2) is 23.6 Å². The van der Waals surface area contributed by atoms with Gasteiger partial charge in [0.15, 0.2) is 23.2 Å².